The van der Waals surface area contributed by atoms with Crippen molar-refractivity contribution in [3.05, 3.63) is 78.1 Å². The highest BCUT2D eigenvalue weighted by Gasteiger charge is 2.39. The Bertz CT molecular complexity index is 1140. The van der Waals surface area contributed by atoms with Crippen molar-refractivity contribution in [3.63, 3.8) is 0 Å². The minimum absolute atomic E-state index is 0.0916. The van der Waals surface area contributed by atoms with E-state index in [-0.39, 0.29) is 23.4 Å². The van der Waals surface area contributed by atoms with Crippen LogP contribution in [0.5, 0.6) is 0 Å². The van der Waals surface area contributed by atoms with Gasteiger partial charge in [0.1, 0.15) is 0 Å². The van der Waals surface area contributed by atoms with Gasteiger partial charge in [-0.25, -0.2) is 0 Å². The maximum Gasteiger partial charge on any atom is 0.223 e. The van der Waals surface area contributed by atoms with Gasteiger partial charge in [0.05, 0.1) is 6.04 Å². The van der Waals surface area contributed by atoms with Crippen molar-refractivity contribution in [1.29, 1.82) is 0 Å². The molecule has 2 amide bonds. The van der Waals surface area contributed by atoms with Gasteiger partial charge in [0.2, 0.25) is 11.8 Å². The molecule has 2 aliphatic heterocycles. The number of likely N-dealkylation sites (tertiary alicyclic amines) is 1. The van der Waals surface area contributed by atoms with E-state index in [2.05, 4.69) is 58.8 Å². The third kappa shape index (κ3) is 4.63. The van der Waals surface area contributed by atoms with Gasteiger partial charge in [-0.3, -0.25) is 14.6 Å². The van der Waals surface area contributed by atoms with Crippen molar-refractivity contribution in [1.82, 2.24) is 15.2 Å². The van der Waals surface area contributed by atoms with E-state index in [0.29, 0.717) is 19.3 Å². The molecule has 5 heteroatoms. The smallest absolute Gasteiger partial charge is 0.223 e. The van der Waals surface area contributed by atoms with Crippen LogP contribution in [0.25, 0.3) is 10.8 Å². The number of amides is 2. The van der Waals surface area contributed by atoms with Crippen LogP contribution in [0.15, 0.2) is 67.0 Å². The van der Waals surface area contributed by atoms with Crippen LogP contribution in [-0.4, -0.2) is 33.8 Å². The summed E-state index contributed by atoms with van der Waals surface area (Å²) in [6.07, 6.45) is 9.97. The van der Waals surface area contributed by atoms with Crippen molar-refractivity contribution in [2.75, 3.05) is 6.54 Å². The molecule has 2 aromatic carbocycles. The predicted molar refractivity (Wildman–Crippen MR) is 130 cm³/mol. The third-order valence-electron chi connectivity index (χ3n) is 7.35. The van der Waals surface area contributed by atoms with Gasteiger partial charge in [0.15, 0.2) is 0 Å². The molecule has 2 atom stereocenters. The molecule has 0 spiro atoms. The Balaban J connectivity index is 1.34. The molecule has 0 bridgehead atoms. The number of carbonyl (C=O) groups excluding carboxylic acids is 2. The van der Waals surface area contributed by atoms with Crippen LogP contribution in [0.1, 0.15) is 62.1 Å². The summed E-state index contributed by atoms with van der Waals surface area (Å²) in [5.74, 6) is 0.274. The zero-order valence-electron chi connectivity index (χ0n) is 19.0. The standard InChI is InChI=1S/C28H31N3O2/c32-26-13-15-28(30-26,19-22-9-5-8-21-7-1-2-11-24(21)22)16-14-27(33)31-18-4-3-12-25(31)23-10-6-17-29-20-23/h1-2,5-11,17,20,25H,3-4,12-16,18-19H2,(H,30,32)/t25-,28-/m0/s1. The summed E-state index contributed by atoms with van der Waals surface area (Å²) in [4.78, 5) is 32.0. The molecule has 2 aliphatic rings. The van der Waals surface area contributed by atoms with E-state index >= 15 is 0 Å². The summed E-state index contributed by atoms with van der Waals surface area (Å²) in [6, 6.07) is 18.9. The van der Waals surface area contributed by atoms with Gasteiger partial charge in [-0.1, -0.05) is 48.5 Å². The second-order valence-corrected chi connectivity index (χ2v) is 9.53. The molecule has 0 saturated carbocycles. The molecule has 2 fully saturated rings. The van der Waals surface area contributed by atoms with Crippen LogP contribution in [0, 0.1) is 0 Å². The van der Waals surface area contributed by atoms with Gasteiger partial charge >= 0.3 is 0 Å². The average Bonchev–Trinajstić information content (AvgIpc) is 3.23. The van der Waals surface area contributed by atoms with Crippen molar-refractivity contribution >= 4 is 22.6 Å². The van der Waals surface area contributed by atoms with E-state index in [1.54, 1.807) is 6.20 Å². The number of benzene rings is 2. The Morgan fingerprint density at radius 2 is 1.97 bits per heavy atom. The molecular weight excluding hydrogens is 410 g/mol. The number of aromatic nitrogens is 1. The van der Waals surface area contributed by atoms with Crippen LogP contribution < -0.4 is 5.32 Å². The van der Waals surface area contributed by atoms with Gasteiger partial charge in [-0.2, -0.15) is 0 Å². The van der Waals surface area contributed by atoms with E-state index in [0.717, 1.165) is 44.2 Å². The molecule has 0 unspecified atom stereocenters. The number of fused-ring (bicyclic) bond motifs is 1. The molecule has 5 nitrogen and oxygen atoms in total. The van der Waals surface area contributed by atoms with E-state index in [1.165, 1.54) is 16.3 Å². The van der Waals surface area contributed by atoms with Gasteiger partial charge in [-0.15, -0.1) is 0 Å². The average molecular weight is 442 g/mol. The normalized spacial score (nSPS) is 23.0. The lowest BCUT2D eigenvalue weighted by molar-refractivity contribution is -0.135. The lowest BCUT2D eigenvalue weighted by atomic mass is 9.83. The number of hydrogen-bond acceptors (Lipinski definition) is 3. The highest BCUT2D eigenvalue weighted by Crippen LogP contribution is 2.35. The summed E-state index contributed by atoms with van der Waals surface area (Å²) in [7, 11) is 0. The fourth-order valence-electron chi connectivity index (χ4n) is 5.63. The van der Waals surface area contributed by atoms with Crippen LogP contribution in [-0.2, 0) is 16.0 Å². The quantitative estimate of drug-likeness (QED) is 0.588. The first-order valence-corrected chi connectivity index (χ1v) is 12.1. The Kier molecular flexibility index (Phi) is 6.12. The molecule has 5 rings (SSSR count). The summed E-state index contributed by atoms with van der Waals surface area (Å²) < 4.78 is 0. The fourth-order valence-corrected chi connectivity index (χ4v) is 5.63. The van der Waals surface area contributed by atoms with Crippen LogP contribution in [0.3, 0.4) is 0 Å². The van der Waals surface area contributed by atoms with Crippen LogP contribution >= 0.6 is 0 Å². The minimum atomic E-state index is -0.365. The number of pyridine rings is 1. The first-order chi connectivity index (χ1) is 16.1. The van der Waals surface area contributed by atoms with Crippen molar-refractivity contribution in [2.24, 2.45) is 0 Å². The molecular formula is C28H31N3O2. The first kappa shape index (κ1) is 21.6. The van der Waals surface area contributed by atoms with E-state index < -0.39 is 0 Å². The Hall–Kier alpha value is -3.21. The van der Waals surface area contributed by atoms with Crippen LogP contribution in [0.2, 0.25) is 0 Å². The monoisotopic (exact) mass is 441 g/mol. The number of nitrogens with one attached hydrogen (secondary N) is 1. The SMILES string of the molecule is O=C1CC[C@](CCC(=O)N2CCCC[C@H]2c2cccnc2)(Cc2cccc3ccccc23)N1. The minimum Gasteiger partial charge on any atom is -0.350 e. The zero-order valence-corrected chi connectivity index (χ0v) is 19.0. The second-order valence-electron chi connectivity index (χ2n) is 9.53. The number of hydrogen-bond donors (Lipinski definition) is 1. The van der Waals surface area contributed by atoms with E-state index in [1.807, 2.05) is 17.2 Å². The zero-order chi connectivity index (χ0) is 22.7. The lowest BCUT2D eigenvalue weighted by Gasteiger charge is -2.37. The molecule has 2 saturated heterocycles. The van der Waals surface area contributed by atoms with Crippen molar-refractivity contribution in [2.45, 2.75) is 62.9 Å². The third-order valence-corrected chi connectivity index (χ3v) is 7.35. The predicted octanol–water partition coefficient (Wildman–Crippen LogP) is 4.96. The van der Waals surface area contributed by atoms with Crippen LogP contribution in [0.4, 0.5) is 0 Å². The number of carbonyl (C=O) groups is 2. The maximum absolute atomic E-state index is 13.4. The molecule has 0 radical (unpaired) electrons. The lowest BCUT2D eigenvalue weighted by Crippen LogP contribution is -2.45. The summed E-state index contributed by atoms with van der Waals surface area (Å²) in [5.41, 5.74) is 1.98. The van der Waals surface area contributed by atoms with Gasteiger partial charge in [0.25, 0.3) is 0 Å². The maximum atomic E-state index is 13.4. The molecule has 3 heterocycles. The number of piperidine rings is 1. The highest BCUT2D eigenvalue weighted by atomic mass is 16.2. The largest absolute Gasteiger partial charge is 0.350 e. The van der Waals surface area contributed by atoms with Crippen molar-refractivity contribution < 1.29 is 9.59 Å². The van der Waals surface area contributed by atoms with Gasteiger partial charge < -0.3 is 10.2 Å². The summed E-state index contributed by atoms with van der Waals surface area (Å²) in [6.45, 7) is 0.793. The highest BCUT2D eigenvalue weighted by molar-refractivity contribution is 5.86. The van der Waals surface area contributed by atoms with E-state index in [4.69, 9.17) is 0 Å². The number of nitrogens with zero attached hydrogens (tertiary/aromatic N) is 2. The molecule has 0 aliphatic carbocycles. The number of rotatable bonds is 6. The molecule has 1 aromatic heterocycles. The fraction of sp³-hybridized carbons (Fsp3) is 0.393. The Morgan fingerprint density at radius 1 is 1.09 bits per heavy atom. The Labute approximate surface area is 195 Å². The summed E-state index contributed by atoms with van der Waals surface area (Å²) in [5, 5.41) is 5.69. The molecule has 33 heavy (non-hydrogen) atoms. The second kappa shape index (κ2) is 9.34. The molecule has 1 N–H and O–H groups in total. The Morgan fingerprint density at radius 3 is 2.79 bits per heavy atom. The van der Waals surface area contributed by atoms with E-state index in [9.17, 15) is 9.59 Å². The van der Waals surface area contributed by atoms with Gasteiger partial charge in [-0.05, 0) is 66.5 Å². The van der Waals surface area contributed by atoms with Crippen molar-refractivity contribution in [3.8, 4) is 0 Å². The first-order valence-electron chi connectivity index (χ1n) is 12.1. The van der Waals surface area contributed by atoms with Gasteiger partial charge in [0, 0.05) is 37.3 Å². The molecule has 3 aromatic rings. The topological polar surface area (TPSA) is 62.3 Å². The molecule has 170 valence electrons. The summed E-state index contributed by atoms with van der Waals surface area (Å²) >= 11 is 0.